The van der Waals surface area contributed by atoms with Crippen molar-refractivity contribution in [3.63, 3.8) is 0 Å². The van der Waals surface area contributed by atoms with Gasteiger partial charge in [-0.1, -0.05) is 62.3 Å². The van der Waals surface area contributed by atoms with Gasteiger partial charge in [0.1, 0.15) is 22.9 Å². The number of rotatable bonds is 9. The van der Waals surface area contributed by atoms with Crippen LogP contribution in [-0.4, -0.2) is 60.8 Å². The van der Waals surface area contributed by atoms with Gasteiger partial charge in [0.25, 0.3) is 5.79 Å². The molecule has 1 aliphatic heterocycles. The molecule has 2 rings (SSSR count). The average Bonchev–Trinajstić information content (AvgIpc) is 3.02. The largest absolute Gasteiger partial charge is 0.426 e. The highest BCUT2D eigenvalue weighted by atomic mass is 79.9. The lowest BCUT2D eigenvalue weighted by Crippen LogP contribution is -2.57. The monoisotopic (exact) mass is 689 g/mol. The Morgan fingerprint density at radius 3 is 1.78 bits per heavy atom. The Morgan fingerprint density at radius 2 is 1.37 bits per heavy atom. The maximum absolute atomic E-state index is 12.8. The first kappa shape index (κ1) is 36.8. The van der Waals surface area contributed by atoms with Crippen LogP contribution in [0.5, 0.6) is 0 Å². The summed E-state index contributed by atoms with van der Waals surface area (Å²) in [7, 11) is -6.93. The number of hydrogen-bond acceptors (Lipinski definition) is 7. The van der Waals surface area contributed by atoms with E-state index in [4.69, 9.17) is 22.8 Å². The summed E-state index contributed by atoms with van der Waals surface area (Å²) in [5, 5.41) is -0.156. The van der Waals surface area contributed by atoms with Crippen LogP contribution in [0.4, 0.5) is 0 Å². The van der Waals surface area contributed by atoms with Gasteiger partial charge in [-0.2, -0.15) is 0 Å². The van der Waals surface area contributed by atoms with Crippen LogP contribution in [0.25, 0.3) is 0 Å². The van der Waals surface area contributed by atoms with Crippen molar-refractivity contribution in [2.45, 2.75) is 148 Å². The quantitative estimate of drug-likeness (QED) is 0.146. The fraction of sp³-hybridized carbons (Fsp3) is 0.800. The molecule has 2 heterocycles. The van der Waals surface area contributed by atoms with Gasteiger partial charge in [-0.15, -0.1) is 0 Å². The number of esters is 1. The van der Waals surface area contributed by atoms with Crippen LogP contribution >= 0.6 is 15.9 Å². The van der Waals surface area contributed by atoms with Gasteiger partial charge in [-0.25, -0.2) is 4.98 Å². The topological polar surface area (TPSA) is 76.1 Å². The molecular weight excluding hydrogens is 634 g/mol. The molecule has 0 saturated carbocycles. The molecule has 11 heteroatoms. The highest BCUT2D eigenvalue weighted by molar-refractivity contribution is 9.10. The summed E-state index contributed by atoms with van der Waals surface area (Å²) in [6.07, 6.45) is -0.0959. The molecule has 0 amide bonds. The summed E-state index contributed by atoms with van der Waals surface area (Å²) in [6, 6.07) is 3.71. The molecule has 0 aromatic carbocycles. The predicted molar refractivity (Wildman–Crippen MR) is 178 cm³/mol. The minimum atomic E-state index is -2.43. The Kier molecular flexibility index (Phi) is 10.9. The Bertz CT molecular complexity index is 1060. The lowest BCUT2D eigenvalue weighted by atomic mass is 9.99. The van der Waals surface area contributed by atoms with Crippen LogP contribution in [0.2, 0.25) is 54.4 Å². The van der Waals surface area contributed by atoms with Gasteiger partial charge < -0.3 is 22.8 Å². The second-order valence-corrected chi connectivity index (χ2v) is 31.1. The predicted octanol–water partition coefficient (Wildman–Crippen LogP) is 8.76. The van der Waals surface area contributed by atoms with E-state index in [9.17, 15) is 4.79 Å². The van der Waals surface area contributed by atoms with E-state index >= 15 is 0 Å². The Morgan fingerprint density at radius 1 is 0.878 bits per heavy atom. The number of nitrogens with zero attached hydrogens (tertiary/aromatic N) is 1. The van der Waals surface area contributed by atoms with E-state index in [1.807, 2.05) is 12.1 Å². The zero-order chi connectivity index (χ0) is 32.0. The van der Waals surface area contributed by atoms with Crippen molar-refractivity contribution in [2.24, 2.45) is 0 Å². The van der Waals surface area contributed by atoms with Gasteiger partial charge in [0.2, 0.25) is 0 Å². The van der Waals surface area contributed by atoms with Crippen LogP contribution in [0, 0.1) is 0 Å². The normalized spacial score (nSPS) is 25.0. The first-order valence-corrected chi connectivity index (χ1v) is 24.2. The van der Waals surface area contributed by atoms with E-state index in [2.05, 4.69) is 123 Å². The number of ether oxygens (including phenoxy) is 2. The molecule has 7 nitrogen and oxygen atoms in total. The van der Waals surface area contributed by atoms with E-state index in [1.54, 1.807) is 6.20 Å². The van der Waals surface area contributed by atoms with Crippen LogP contribution in [0.3, 0.4) is 0 Å². The summed E-state index contributed by atoms with van der Waals surface area (Å²) in [5.74, 6) is -2.02. The third-order valence-electron chi connectivity index (χ3n) is 9.67. The molecule has 0 unspecified atom stereocenters. The van der Waals surface area contributed by atoms with E-state index in [1.165, 1.54) is 6.92 Å². The molecule has 1 aromatic rings. The molecule has 1 aromatic heterocycles. The molecule has 4 atom stereocenters. The molecule has 0 aliphatic carbocycles. The zero-order valence-electron chi connectivity index (χ0n) is 28.4. The van der Waals surface area contributed by atoms with Crippen molar-refractivity contribution in [2.75, 3.05) is 6.61 Å². The molecule has 0 radical (unpaired) electrons. The Hall–Kier alpha value is -0.409. The van der Waals surface area contributed by atoms with Crippen molar-refractivity contribution < 1.29 is 27.5 Å². The minimum Gasteiger partial charge on any atom is -0.426 e. The van der Waals surface area contributed by atoms with Crippen LogP contribution in [0.15, 0.2) is 22.9 Å². The van der Waals surface area contributed by atoms with Gasteiger partial charge in [-0.05, 0) is 82.5 Å². The average molecular weight is 691 g/mol. The third-order valence-corrected chi connectivity index (χ3v) is 23.6. The number of pyridine rings is 1. The molecule has 0 spiro atoms. The molecule has 1 fully saturated rings. The van der Waals surface area contributed by atoms with Crippen LogP contribution < -0.4 is 0 Å². The molecule has 0 bridgehead atoms. The second kappa shape index (κ2) is 12.2. The smallest absolute Gasteiger partial charge is 0.305 e. The van der Waals surface area contributed by atoms with Crippen molar-refractivity contribution in [1.29, 1.82) is 0 Å². The number of aromatic nitrogens is 1. The molecular formula is C30H56BrNO6Si3. The van der Waals surface area contributed by atoms with Crippen LogP contribution in [0.1, 0.15) is 74.8 Å². The summed E-state index contributed by atoms with van der Waals surface area (Å²) in [6.45, 7) is 35.0. The van der Waals surface area contributed by atoms with Gasteiger partial charge in [0.15, 0.2) is 25.0 Å². The summed E-state index contributed by atoms with van der Waals surface area (Å²) in [4.78, 5) is 17.3. The van der Waals surface area contributed by atoms with Crippen molar-refractivity contribution in [1.82, 2.24) is 4.98 Å². The first-order valence-electron chi connectivity index (χ1n) is 14.7. The molecule has 1 aliphatic rings. The van der Waals surface area contributed by atoms with Gasteiger partial charge in [0, 0.05) is 18.7 Å². The fourth-order valence-electron chi connectivity index (χ4n) is 3.87. The highest BCUT2D eigenvalue weighted by Gasteiger charge is 2.64. The molecule has 0 N–H and O–H groups in total. The highest BCUT2D eigenvalue weighted by Crippen LogP contribution is 2.51. The zero-order valence-corrected chi connectivity index (χ0v) is 33.0. The second-order valence-electron chi connectivity index (χ2n) is 16.0. The number of carbonyl (C=O) groups is 1. The van der Waals surface area contributed by atoms with Gasteiger partial charge in [0.05, 0.1) is 6.61 Å². The maximum atomic E-state index is 12.8. The fourth-order valence-corrected chi connectivity index (χ4v) is 7.70. The number of hydrogen-bond donors (Lipinski definition) is 0. The first-order chi connectivity index (χ1) is 18.2. The summed E-state index contributed by atoms with van der Waals surface area (Å²) in [5.41, 5.74) is 0.610. The molecule has 236 valence electrons. The van der Waals surface area contributed by atoms with E-state index < -0.39 is 55.0 Å². The SMILES string of the molecule is CC(=O)O[C@@]1(c2ccc(Br)nc2)O[C@H](CO[Si](C)(C)C(C)(C)C)[C@@H](O[Si](C)(C)C(C)(C)C)[C@H]1O[Si](C)(C)C(C)(C)C. The number of carbonyl (C=O) groups excluding carboxylic acids is 1. The Balaban J connectivity index is 2.83. The van der Waals surface area contributed by atoms with Gasteiger partial charge in [-0.3, -0.25) is 4.79 Å². The number of halogens is 1. The van der Waals surface area contributed by atoms with E-state index in [0.29, 0.717) is 16.8 Å². The third kappa shape index (κ3) is 8.20. The van der Waals surface area contributed by atoms with Crippen molar-refractivity contribution >= 4 is 46.9 Å². The van der Waals surface area contributed by atoms with E-state index in [-0.39, 0.29) is 15.1 Å². The van der Waals surface area contributed by atoms with Gasteiger partial charge >= 0.3 is 5.97 Å². The maximum Gasteiger partial charge on any atom is 0.305 e. The minimum absolute atomic E-state index is 0.0149. The van der Waals surface area contributed by atoms with Crippen LogP contribution in [-0.2, 0) is 33.3 Å². The lowest BCUT2D eigenvalue weighted by molar-refractivity contribution is -0.255. The van der Waals surface area contributed by atoms with E-state index in [0.717, 1.165) is 0 Å². The summed E-state index contributed by atoms with van der Waals surface area (Å²) < 4.78 is 35.0. The molecule has 41 heavy (non-hydrogen) atoms. The summed E-state index contributed by atoms with van der Waals surface area (Å²) >= 11 is 3.44. The molecule has 1 saturated heterocycles. The Labute approximate surface area is 261 Å². The standard InChI is InChI=1S/C30H56BrNO6Si3/c1-21(33)35-30(22-17-18-24(31)32-19-22)26(38-41(15,16)29(8,9)10)25(37-40(13,14)28(5,6)7)23(36-30)20-34-39(11,12)27(2,3)4/h17-19,23,25-26H,20H2,1-16H3/t23-,25-,26-,30+/m1/s1. The lowest BCUT2D eigenvalue weighted by Gasteiger charge is -2.45. The van der Waals surface area contributed by atoms with Crippen molar-refractivity contribution in [3.05, 3.63) is 28.5 Å². The van der Waals surface area contributed by atoms with Crippen molar-refractivity contribution in [3.8, 4) is 0 Å².